The highest BCUT2D eigenvalue weighted by Gasteiger charge is 2.48. The van der Waals surface area contributed by atoms with E-state index >= 15 is 0 Å². The number of rotatable bonds is 4. The number of aryl methyl sites for hydroxylation is 1. The highest BCUT2D eigenvalue weighted by Crippen LogP contribution is 2.46. The number of anilines is 1. The lowest BCUT2D eigenvalue weighted by molar-refractivity contribution is -0.118. The number of nitrogens with zero attached hydrogens (tertiary/aromatic N) is 2. The first-order chi connectivity index (χ1) is 15.0. The molecular formula is C24H20N4O3. The molecule has 1 amide bonds. The smallest absolute Gasteiger partial charge is 0.294 e. The Bertz CT molecular complexity index is 1420. The summed E-state index contributed by atoms with van der Waals surface area (Å²) in [4.78, 5) is 38.5. The zero-order chi connectivity index (χ0) is 21.3. The number of aromatic nitrogens is 3. The first kappa shape index (κ1) is 17.9. The molecule has 0 bridgehead atoms. The van der Waals surface area contributed by atoms with Gasteiger partial charge in [-0.25, -0.2) is 4.98 Å². The van der Waals surface area contributed by atoms with E-state index in [2.05, 4.69) is 15.0 Å². The SMILES string of the molecule is Cc1ccc2c(C3C(C(=O)C4CC4)=C(O)C(=O)N3c3ccc4nc[nH]c4c3)c[nH]c2c1. The molecule has 1 unspecified atom stereocenters. The van der Waals surface area contributed by atoms with Crippen molar-refractivity contribution < 1.29 is 14.7 Å². The molecule has 1 fully saturated rings. The van der Waals surface area contributed by atoms with E-state index in [1.165, 1.54) is 4.90 Å². The van der Waals surface area contributed by atoms with Gasteiger partial charge in [-0.15, -0.1) is 0 Å². The Morgan fingerprint density at radius 1 is 1.13 bits per heavy atom. The van der Waals surface area contributed by atoms with Crippen LogP contribution in [-0.2, 0) is 9.59 Å². The molecular weight excluding hydrogens is 392 g/mol. The second kappa shape index (κ2) is 6.31. The van der Waals surface area contributed by atoms with Gasteiger partial charge < -0.3 is 15.1 Å². The van der Waals surface area contributed by atoms with Gasteiger partial charge >= 0.3 is 0 Å². The van der Waals surface area contributed by atoms with Gasteiger partial charge in [0.1, 0.15) is 0 Å². The van der Waals surface area contributed by atoms with Crippen LogP contribution in [0.1, 0.15) is 30.0 Å². The number of H-pyrrole nitrogens is 2. The molecule has 0 spiro atoms. The van der Waals surface area contributed by atoms with Crippen molar-refractivity contribution >= 4 is 39.3 Å². The molecule has 154 valence electrons. The number of carbonyl (C=O) groups is 2. The average molecular weight is 412 g/mol. The van der Waals surface area contributed by atoms with Crippen molar-refractivity contribution in [3.63, 3.8) is 0 Å². The normalized spacial score (nSPS) is 19.2. The van der Waals surface area contributed by atoms with Crippen LogP contribution >= 0.6 is 0 Å². The minimum Gasteiger partial charge on any atom is -0.503 e. The van der Waals surface area contributed by atoms with Crippen LogP contribution < -0.4 is 4.90 Å². The molecule has 2 aromatic carbocycles. The molecule has 7 nitrogen and oxygen atoms in total. The topological polar surface area (TPSA) is 102 Å². The van der Waals surface area contributed by atoms with Crippen molar-refractivity contribution in [2.24, 2.45) is 5.92 Å². The molecule has 0 radical (unpaired) electrons. The minimum atomic E-state index is -0.697. The second-order valence-corrected chi connectivity index (χ2v) is 8.38. The van der Waals surface area contributed by atoms with Gasteiger partial charge in [0.15, 0.2) is 11.5 Å². The predicted molar refractivity (Wildman–Crippen MR) is 117 cm³/mol. The molecule has 0 saturated heterocycles. The van der Waals surface area contributed by atoms with E-state index < -0.39 is 17.7 Å². The average Bonchev–Trinajstić information content (AvgIpc) is 3.28. The Balaban J connectivity index is 1.57. The van der Waals surface area contributed by atoms with Gasteiger partial charge in [-0.1, -0.05) is 12.1 Å². The van der Waals surface area contributed by atoms with Crippen molar-refractivity contribution in [3.8, 4) is 0 Å². The summed E-state index contributed by atoms with van der Waals surface area (Å²) in [5.74, 6) is -1.26. The maximum absolute atomic E-state index is 13.3. The number of Topliss-reactive ketones (excluding diaryl/α,β-unsaturated/α-hetero) is 1. The van der Waals surface area contributed by atoms with Crippen LogP contribution in [0.25, 0.3) is 21.9 Å². The third-order valence-corrected chi connectivity index (χ3v) is 6.27. The fourth-order valence-electron chi connectivity index (χ4n) is 4.55. The Morgan fingerprint density at radius 3 is 2.77 bits per heavy atom. The predicted octanol–water partition coefficient (Wildman–Crippen LogP) is 4.23. The third kappa shape index (κ3) is 2.63. The van der Waals surface area contributed by atoms with Crippen LogP contribution in [0.3, 0.4) is 0 Å². The Morgan fingerprint density at radius 2 is 1.97 bits per heavy atom. The maximum atomic E-state index is 13.3. The minimum absolute atomic E-state index is 0.116. The Kier molecular flexibility index (Phi) is 3.65. The molecule has 3 heterocycles. The van der Waals surface area contributed by atoms with Crippen LogP contribution in [0, 0.1) is 12.8 Å². The van der Waals surface area contributed by atoms with Crippen LogP contribution in [0.5, 0.6) is 0 Å². The van der Waals surface area contributed by atoms with Crippen LogP contribution in [0.2, 0.25) is 0 Å². The number of aliphatic hydroxyl groups is 1. The van der Waals surface area contributed by atoms with E-state index in [-0.39, 0.29) is 17.3 Å². The summed E-state index contributed by atoms with van der Waals surface area (Å²) in [5.41, 5.74) is 5.17. The van der Waals surface area contributed by atoms with Crippen LogP contribution in [0.15, 0.2) is 60.3 Å². The molecule has 2 aromatic heterocycles. The summed E-state index contributed by atoms with van der Waals surface area (Å²) in [5, 5.41) is 11.8. The Labute approximate surface area is 177 Å². The number of fused-ring (bicyclic) bond motifs is 2. The number of nitrogens with one attached hydrogen (secondary N) is 2. The molecule has 1 aliphatic heterocycles. The summed E-state index contributed by atoms with van der Waals surface area (Å²) >= 11 is 0. The second-order valence-electron chi connectivity index (χ2n) is 8.38. The zero-order valence-electron chi connectivity index (χ0n) is 16.8. The van der Waals surface area contributed by atoms with Gasteiger partial charge in [-0.05, 0) is 49.6 Å². The van der Waals surface area contributed by atoms with Gasteiger partial charge in [0.2, 0.25) is 0 Å². The summed E-state index contributed by atoms with van der Waals surface area (Å²) in [6.07, 6.45) is 5.02. The standard InChI is InChI=1S/C24H20N4O3/c1-12-2-6-15-16(10-25-18(15)8-12)21-20(22(29)13-3-4-13)23(30)24(31)28(21)14-5-7-17-19(9-14)27-11-26-17/h2,5-11,13,21,25,30H,3-4H2,1H3,(H,26,27). The lowest BCUT2D eigenvalue weighted by Crippen LogP contribution is -2.31. The van der Waals surface area contributed by atoms with E-state index in [9.17, 15) is 14.7 Å². The summed E-state index contributed by atoms with van der Waals surface area (Å²) < 4.78 is 0. The number of amides is 1. The molecule has 31 heavy (non-hydrogen) atoms. The zero-order valence-corrected chi connectivity index (χ0v) is 16.8. The van der Waals surface area contributed by atoms with Gasteiger partial charge in [-0.3, -0.25) is 14.5 Å². The van der Waals surface area contributed by atoms with Gasteiger partial charge in [0.25, 0.3) is 5.91 Å². The number of hydrogen-bond acceptors (Lipinski definition) is 4. The summed E-state index contributed by atoms with van der Waals surface area (Å²) in [6, 6.07) is 10.8. The summed E-state index contributed by atoms with van der Waals surface area (Å²) in [6.45, 7) is 2.01. The fourth-order valence-corrected chi connectivity index (χ4v) is 4.55. The van der Waals surface area contributed by atoms with E-state index in [0.717, 1.165) is 45.9 Å². The van der Waals surface area contributed by atoms with Gasteiger partial charge in [0.05, 0.1) is 29.0 Å². The lowest BCUT2D eigenvalue weighted by Gasteiger charge is -2.26. The van der Waals surface area contributed by atoms with Crippen molar-refractivity contribution in [3.05, 3.63) is 71.4 Å². The van der Waals surface area contributed by atoms with Gasteiger partial charge in [-0.2, -0.15) is 0 Å². The van der Waals surface area contributed by atoms with Crippen molar-refractivity contribution in [1.29, 1.82) is 0 Å². The third-order valence-electron chi connectivity index (χ3n) is 6.27. The Hall–Kier alpha value is -3.87. The largest absolute Gasteiger partial charge is 0.503 e. The van der Waals surface area contributed by atoms with E-state index in [1.54, 1.807) is 12.4 Å². The maximum Gasteiger partial charge on any atom is 0.294 e. The van der Waals surface area contributed by atoms with Crippen molar-refractivity contribution in [2.75, 3.05) is 4.90 Å². The summed E-state index contributed by atoms with van der Waals surface area (Å²) in [7, 11) is 0. The molecule has 6 rings (SSSR count). The van der Waals surface area contributed by atoms with Gasteiger partial charge in [0, 0.05) is 34.3 Å². The quantitative estimate of drug-likeness (QED) is 0.467. The van der Waals surface area contributed by atoms with E-state index in [0.29, 0.717) is 5.69 Å². The highest BCUT2D eigenvalue weighted by molar-refractivity contribution is 6.18. The highest BCUT2D eigenvalue weighted by atomic mass is 16.3. The molecule has 2 aliphatic rings. The number of carbonyl (C=O) groups excluding carboxylic acids is 2. The van der Waals surface area contributed by atoms with E-state index in [4.69, 9.17) is 0 Å². The first-order valence-corrected chi connectivity index (χ1v) is 10.3. The van der Waals surface area contributed by atoms with Crippen LogP contribution in [-0.4, -0.2) is 31.7 Å². The molecule has 1 aliphatic carbocycles. The molecule has 7 heteroatoms. The lowest BCUT2D eigenvalue weighted by atomic mass is 9.93. The van der Waals surface area contributed by atoms with Crippen molar-refractivity contribution in [1.82, 2.24) is 15.0 Å². The molecule has 3 N–H and O–H groups in total. The van der Waals surface area contributed by atoms with Crippen LogP contribution in [0.4, 0.5) is 5.69 Å². The first-order valence-electron chi connectivity index (χ1n) is 10.3. The number of aliphatic hydroxyl groups excluding tert-OH is 1. The number of ketones is 1. The fraction of sp³-hybridized carbons (Fsp3) is 0.208. The monoisotopic (exact) mass is 412 g/mol. The molecule has 1 saturated carbocycles. The molecule has 4 aromatic rings. The number of aromatic amines is 2. The number of hydrogen-bond donors (Lipinski definition) is 3. The van der Waals surface area contributed by atoms with E-state index in [1.807, 2.05) is 43.5 Å². The van der Waals surface area contributed by atoms with Crippen molar-refractivity contribution in [2.45, 2.75) is 25.8 Å². The molecule has 1 atom stereocenters. The number of benzene rings is 2. The number of imidazole rings is 1.